The van der Waals surface area contributed by atoms with Gasteiger partial charge in [0, 0.05) is 11.6 Å². The summed E-state index contributed by atoms with van der Waals surface area (Å²) in [7, 11) is 0. The quantitative estimate of drug-likeness (QED) is 0.507. The largest absolute Gasteiger partial charge is 0.298 e. The van der Waals surface area contributed by atoms with E-state index in [2.05, 4.69) is 0 Å². The van der Waals surface area contributed by atoms with Crippen LogP contribution in [0.2, 0.25) is 0 Å². The topological polar surface area (TPSA) is 17.1 Å². The minimum Gasteiger partial charge on any atom is -0.298 e. The van der Waals surface area contributed by atoms with Crippen molar-refractivity contribution < 1.29 is 13.6 Å². The van der Waals surface area contributed by atoms with Crippen molar-refractivity contribution in [2.75, 3.05) is 0 Å². The number of carbonyl (C=O) groups is 1. The van der Waals surface area contributed by atoms with Crippen LogP contribution >= 0.6 is 0 Å². The van der Waals surface area contributed by atoms with Crippen LogP contribution in [-0.2, 0) is 4.79 Å². The maximum Gasteiger partial charge on any atom is 0.145 e. The van der Waals surface area contributed by atoms with Crippen LogP contribution in [0.25, 0.3) is 6.08 Å². The Labute approximate surface area is 74.7 Å². The van der Waals surface area contributed by atoms with E-state index in [0.29, 0.717) is 11.9 Å². The first-order chi connectivity index (χ1) is 6.13. The zero-order chi connectivity index (χ0) is 9.84. The third kappa shape index (κ3) is 2.47. The van der Waals surface area contributed by atoms with E-state index < -0.39 is 11.6 Å². The molecule has 1 aromatic rings. The van der Waals surface area contributed by atoms with Crippen LogP contribution in [0.5, 0.6) is 0 Å². The molecule has 0 atom stereocenters. The highest BCUT2D eigenvalue weighted by molar-refractivity contribution is 5.80. The second kappa shape index (κ2) is 3.94. The fourth-order valence-electron chi connectivity index (χ4n) is 0.898. The van der Waals surface area contributed by atoms with Gasteiger partial charge in [-0.3, -0.25) is 4.79 Å². The van der Waals surface area contributed by atoms with Crippen molar-refractivity contribution in [3.63, 3.8) is 0 Å². The van der Waals surface area contributed by atoms with Crippen LogP contribution in [0.1, 0.15) is 12.5 Å². The highest BCUT2D eigenvalue weighted by Gasteiger charge is 2.00. The van der Waals surface area contributed by atoms with Gasteiger partial charge in [-0.15, -0.1) is 0 Å². The van der Waals surface area contributed by atoms with E-state index in [1.165, 1.54) is 12.1 Å². The Kier molecular flexibility index (Phi) is 2.90. The molecule has 1 rings (SSSR count). The SMILES string of the molecule is C/C(C=O)=C\c1ccc(F)cc1F. The fourth-order valence-corrected chi connectivity index (χ4v) is 0.898. The molecule has 68 valence electrons. The van der Waals surface area contributed by atoms with E-state index in [0.717, 1.165) is 12.1 Å². The normalized spacial score (nSPS) is 11.5. The molecule has 0 bridgehead atoms. The van der Waals surface area contributed by atoms with Crippen molar-refractivity contribution in [2.24, 2.45) is 0 Å². The number of benzene rings is 1. The average molecular weight is 182 g/mol. The molecule has 1 aromatic carbocycles. The van der Waals surface area contributed by atoms with Gasteiger partial charge in [0.05, 0.1) is 0 Å². The van der Waals surface area contributed by atoms with E-state index in [9.17, 15) is 13.6 Å². The number of hydrogen-bond donors (Lipinski definition) is 0. The number of carbonyl (C=O) groups excluding carboxylic acids is 1. The van der Waals surface area contributed by atoms with Gasteiger partial charge < -0.3 is 0 Å². The van der Waals surface area contributed by atoms with Crippen molar-refractivity contribution in [3.05, 3.63) is 41.0 Å². The molecule has 0 saturated heterocycles. The molecule has 0 amide bonds. The predicted octanol–water partition coefficient (Wildman–Crippen LogP) is 2.57. The Bertz CT molecular complexity index is 356. The summed E-state index contributed by atoms with van der Waals surface area (Å²) in [4.78, 5) is 10.2. The molecule has 0 aliphatic heterocycles. The lowest BCUT2D eigenvalue weighted by Crippen LogP contribution is -1.85. The van der Waals surface area contributed by atoms with Crippen LogP contribution in [-0.4, -0.2) is 6.29 Å². The molecule has 1 nitrogen and oxygen atoms in total. The molecule has 0 saturated carbocycles. The van der Waals surface area contributed by atoms with E-state index >= 15 is 0 Å². The minimum absolute atomic E-state index is 0.214. The molecule has 0 N–H and O–H groups in total. The van der Waals surface area contributed by atoms with Gasteiger partial charge in [0.1, 0.15) is 17.9 Å². The Hall–Kier alpha value is -1.51. The van der Waals surface area contributed by atoms with Gasteiger partial charge in [-0.05, 0) is 30.7 Å². The maximum absolute atomic E-state index is 12.9. The number of allylic oxidation sites excluding steroid dienone is 1. The van der Waals surface area contributed by atoms with Crippen LogP contribution < -0.4 is 0 Å². The summed E-state index contributed by atoms with van der Waals surface area (Å²) in [5, 5.41) is 0. The summed E-state index contributed by atoms with van der Waals surface area (Å²) in [5.41, 5.74) is 0.608. The van der Waals surface area contributed by atoms with Crippen molar-refractivity contribution in [3.8, 4) is 0 Å². The van der Waals surface area contributed by atoms with Gasteiger partial charge >= 0.3 is 0 Å². The third-order valence-corrected chi connectivity index (χ3v) is 1.53. The molecule has 0 unspecified atom stereocenters. The first-order valence-electron chi connectivity index (χ1n) is 3.72. The molecule has 0 aromatic heterocycles. The highest BCUT2D eigenvalue weighted by atomic mass is 19.1. The van der Waals surface area contributed by atoms with Crippen molar-refractivity contribution >= 4 is 12.4 Å². The summed E-state index contributed by atoms with van der Waals surface area (Å²) >= 11 is 0. The van der Waals surface area contributed by atoms with Crippen molar-refractivity contribution in [1.29, 1.82) is 0 Å². The standard InChI is InChI=1S/C10H8F2O/c1-7(6-13)4-8-2-3-9(11)5-10(8)12/h2-6H,1H3/b7-4+. The Balaban J connectivity index is 3.09. The Morgan fingerprint density at radius 1 is 1.38 bits per heavy atom. The molecule has 0 aliphatic rings. The number of halogens is 2. The molecule has 0 fully saturated rings. The molecule has 0 aliphatic carbocycles. The third-order valence-electron chi connectivity index (χ3n) is 1.53. The van der Waals surface area contributed by atoms with Gasteiger partial charge in [0.15, 0.2) is 0 Å². The zero-order valence-electron chi connectivity index (χ0n) is 7.05. The second-order valence-corrected chi connectivity index (χ2v) is 2.67. The summed E-state index contributed by atoms with van der Waals surface area (Å²) in [6.07, 6.45) is 1.98. The molecule has 3 heteroatoms. The van der Waals surface area contributed by atoms with Crippen LogP contribution in [0, 0.1) is 11.6 Å². The molecule has 0 spiro atoms. The van der Waals surface area contributed by atoms with Crippen molar-refractivity contribution in [2.45, 2.75) is 6.92 Å². The Morgan fingerprint density at radius 2 is 2.08 bits per heavy atom. The van der Waals surface area contributed by atoms with E-state index in [1.807, 2.05) is 0 Å². The zero-order valence-corrected chi connectivity index (χ0v) is 7.05. The first-order valence-corrected chi connectivity index (χ1v) is 3.72. The monoisotopic (exact) mass is 182 g/mol. The van der Waals surface area contributed by atoms with Gasteiger partial charge in [-0.2, -0.15) is 0 Å². The summed E-state index contributed by atoms with van der Waals surface area (Å²) in [6.45, 7) is 1.55. The maximum atomic E-state index is 12.9. The summed E-state index contributed by atoms with van der Waals surface area (Å²) in [5.74, 6) is -1.29. The molecular weight excluding hydrogens is 174 g/mol. The average Bonchev–Trinajstić information content (AvgIpc) is 2.09. The van der Waals surface area contributed by atoms with E-state index in [1.54, 1.807) is 6.92 Å². The van der Waals surface area contributed by atoms with E-state index in [-0.39, 0.29) is 5.56 Å². The van der Waals surface area contributed by atoms with Crippen LogP contribution in [0.15, 0.2) is 23.8 Å². The van der Waals surface area contributed by atoms with Gasteiger partial charge in [0.25, 0.3) is 0 Å². The van der Waals surface area contributed by atoms with Gasteiger partial charge in [-0.25, -0.2) is 8.78 Å². The van der Waals surface area contributed by atoms with Gasteiger partial charge in [0.2, 0.25) is 0 Å². The molecule has 0 heterocycles. The summed E-state index contributed by atoms with van der Waals surface area (Å²) in [6, 6.07) is 3.22. The van der Waals surface area contributed by atoms with Crippen LogP contribution in [0.3, 0.4) is 0 Å². The van der Waals surface area contributed by atoms with Gasteiger partial charge in [-0.1, -0.05) is 0 Å². The van der Waals surface area contributed by atoms with Crippen molar-refractivity contribution in [1.82, 2.24) is 0 Å². The van der Waals surface area contributed by atoms with E-state index in [4.69, 9.17) is 0 Å². The molecule has 0 radical (unpaired) electrons. The lowest BCUT2D eigenvalue weighted by Gasteiger charge is -1.96. The number of aldehydes is 1. The number of rotatable bonds is 2. The van der Waals surface area contributed by atoms with Crippen LogP contribution in [0.4, 0.5) is 8.78 Å². The lowest BCUT2D eigenvalue weighted by molar-refractivity contribution is -0.104. The number of hydrogen-bond acceptors (Lipinski definition) is 1. The summed E-state index contributed by atoms with van der Waals surface area (Å²) < 4.78 is 25.4. The molecule has 13 heavy (non-hydrogen) atoms. The predicted molar refractivity (Wildman–Crippen MR) is 46.1 cm³/mol. The second-order valence-electron chi connectivity index (χ2n) is 2.67. The first kappa shape index (κ1) is 9.58. The smallest absolute Gasteiger partial charge is 0.145 e. The minimum atomic E-state index is -0.666. The Morgan fingerprint density at radius 3 is 2.62 bits per heavy atom. The highest BCUT2D eigenvalue weighted by Crippen LogP contribution is 2.12. The molecular formula is C10H8F2O. The lowest BCUT2D eigenvalue weighted by atomic mass is 10.1. The fraction of sp³-hybridized carbons (Fsp3) is 0.100.